The van der Waals surface area contributed by atoms with Crippen LogP contribution < -0.4 is 5.32 Å². The Morgan fingerprint density at radius 1 is 1.58 bits per heavy atom. The van der Waals surface area contributed by atoms with Gasteiger partial charge in [0.15, 0.2) is 0 Å². The third-order valence-electron chi connectivity index (χ3n) is 3.63. The first-order valence-electron chi connectivity index (χ1n) is 6.65. The molecule has 0 aliphatic heterocycles. The van der Waals surface area contributed by atoms with Crippen molar-refractivity contribution in [2.45, 2.75) is 38.1 Å². The predicted molar refractivity (Wildman–Crippen MR) is 91.2 cm³/mol. The second-order valence-electron chi connectivity index (χ2n) is 5.05. The fourth-order valence-corrected chi connectivity index (χ4v) is 5.44. The minimum absolute atomic E-state index is 0.503. The fraction of sp³-hybridized carbons (Fsp3) is 0.500. The monoisotopic (exact) mass is 404 g/mol. The molecule has 102 valence electrons. The molecule has 5 heteroatoms. The smallest absolute Gasteiger partial charge is 0.0965 e. The first-order chi connectivity index (χ1) is 9.24. The maximum atomic E-state index is 4.41. The van der Waals surface area contributed by atoms with Crippen molar-refractivity contribution in [1.82, 2.24) is 10.3 Å². The third kappa shape index (κ3) is 3.20. The summed E-state index contributed by atoms with van der Waals surface area (Å²) in [4.78, 5) is 6.00. The van der Waals surface area contributed by atoms with Crippen molar-refractivity contribution in [2.24, 2.45) is 0 Å². The summed E-state index contributed by atoms with van der Waals surface area (Å²) in [6.07, 6.45) is 5.75. The Bertz CT molecular complexity index is 536. The molecular weight excluding hydrogens is 387 g/mol. The van der Waals surface area contributed by atoms with Crippen molar-refractivity contribution in [2.75, 3.05) is 6.54 Å². The highest BCUT2D eigenvalue weighted by molar-refractivity contribution is 14.1. The second kappa shape index (κ2) is 6.20. The lowest BCUT2D eigenvalue weighted by atomic mass is 9.93. The lowest BCUT2D eigenvalue weighted by Crippen LogP contribution is -2.27. The molecule has 1 aliphatic rings. The lowest BCUT2D eigenvalue weighted by Gasteiger charge is -2.25. The van der Waals surface area contributed by atoms with Crippen LogP contribution in [0.5, 0.6) is 0 Å². The van der Waals surface area contributed by atoms with E-state index in [9.17, 15) is 0 Å². The maximum Gasteiger partial charge on any atom is 0.0965 e. The maximum absolute atomic E-state index is 4.41. The molecule has 2 nitrogen and oxygen atoms in total. The van der Waals surface area contributed by atoms with Crippen molar-refractivity contribution in [3.63, 3.8) is 0 Å². The van der Waals surface area contributed by atoms with Crippen molar-refractivity contribution in [1.29, 1.82) is 0 Å². The van der Waals surface area contributed by atoms with Crippen LogP contribution >= 0.6 is 45.3 Å². The molecule has 2 aromatic rings. The molecule has 2 heterocycles. The number of fused-ring (bicyclic) bond motifs is 1. The predicted octanol–water partition coefficient (Wildman–Crippen LogP) is 4.58. The van der Waals surface area contributed by atoms with Gasteiger partial charge in [-0.2, -0.15) is 0 Å². The molecule has 0 saturated carbocycles. The topological polar surface area (TPSA) is 24.9 Å². The summed E-state index contributed by atoms with van der Waals surface area (Å²) in [6, 6.07) is 2.91. The summed E-state index contributed by atoms with van der Waals surface area (Å²) in [5, 5.41) is 7.05. The summed E-state index contributed by atoms with van der Waals surface area (Å²) >= 11 is 6.16. The van der Waals surface area contributed by atoms with Crippen LogP contribution in [-0.2, 0) is 6.42 Å². The van der Waals surface area contributed by atoms with Gasteiger partial charge in [-0.1, -0.05) is 6.92 Å². The third-order valence-corrected chi connectivity index (χ3v) is 6.61. The largest absolute Gasteiger partial charge is 0.309 e. The van der Waals surface area contributed by atoms with Crippen LogP contribution in [0.1, 0.15) is 47.2 Å². The Morgan fingerprint density at radius 3 is 3.26 bits per heavy atom. The molecule has 2 unspecified atom stereocenters. The first kappa shape index (κ1) is 14.0. The summed E-state index contributed by atoms with van der Waals surface area (Å²) < 4.78 is 1.42. The Labute approximate surface area is 135 Å². The van der Waals surface area contributed by atoms with Crippen LogP contribution in [0.2, 0.25) is 0 Å². The van der Waals surface area contributed by atoms with E-state index in [1.54, 1.807) is 21.8 Å². The zero-order valence-corrected chi connectivity index (χ0v) is 14.6. The standard InChI is InChI=1S/C14H17IN2S2/c1-9(14-16-5-6-18-14)8-17-11-3-2-4-12-10(11)7-13(15)19-12/h5-7,9,11,17H,2-4,8H2,1H3. The van der Waals surface area contributed by atoms with E-state index in [0.717, 1.165) is 6.54 Å². The molecule has 0 spiro atoms. The van der Waals surface area contributed by atoms with Gasteiger partial charge in [-0.15, -0.1) is 22.7 Å². The molecule has 0 amide bonds. The van der Waals surface area contributed by atoms with Crippen molar-refractivity contribution < 1.29 is 0 Å². The molecule has 0 fully saturated rings. The quantitative estimate of drug-likeness (QED) is 0.755. The van der Waals surface area contributed by atoms with Gasteiger partial charge in [0.2, 0.25) is 0 Å². The van der Waals surface area contributed by atoms with Crippen molar-refractivity contribution in [3.8, 4) is 0 Å². The Kier molecular flexibility index (Phi) is 4.56. The highest BCUT2D eigenvalue weighted by Gasteiger charge is 2.23. The summed E-state index contributed by atoms with van der Waals surface area (Å²) in [7, 11) is 0. The van der Waals surface area contributed by atoms with Gasteiger partial charge in [0, 0.05) is 35.0 Å². The van der Waals surface area contributed by atoms with Crippen LogP contribution in [0.3, 0.4) is 0 Å². The summed E-state index contributed by atoms with van der Waals surface area (Å²) in [5.41, 5.74) is 1.55. The Balaban J connectivity index is 1.65. The number of halogens is 1. The minimum atomic E-state index is 0.503. The number of hydrogen-bond donors (Lipinski definition) is 1. The zero-order chi connectivity index (χ0) is 13.2. The van der Waals surface area contributed by atoms with Crippen LogP contribution in [0.25, 0.3) is 0 Å². The number of nitrogens with one attached hydrogen (secondary N) is 1. The highest BCUT2D eigenvalue weighted by atomic mass is 127. The van der Waals surface area contributed by atoms with Gasteiger partial charge in [0.1, 0.15) is 0 Å². The number of thiazole rings is 1. The average Bonchev–Trinajstić information content (AvgIpc) is 3.03. The molecule has 2 aromatic heterocycles. The van der Waals surface area contributed by atoms with Gasteiger partial charge in [0.25, 0.3) is 0 Å². The van der Waals surface area contributed by atoms with Crippen molar-refractivity contribution >= 4 is 45.3 Å². The molecule has 0 saturated heterocycles. The van der Waals surface area contributed by atoms with Crippen molar-refractivity contribution in [3.05, 3.63) is 36.0 Å². The van der Waals surface area contributed by atoms with Gasteiger partial charge in [-0.25, -0.2) is 4.98 Å². The van der Waals surface area contributed by atoms with Gasteiger partial charge in [-0.3, -0.25) is 0 Å². The second-order valence-corrected chi connectivity index (χ2v) is 9.01. The number of nitrogens with zero attached hydrogens (tertiary/aromatic N) is 1. The SMILES string of the molecule is CC(CNC1CCCc2sc(I)cc21)c1nccs1. The molecule has 19 heavy (non-hydrogen) atoms. The molecule has 1 aliphatic carbocycles. The number of aromatic nitrogens is 1. The lowest BCUT2D eigenvalue weighted by molar-refractivity contribution is 0.449. The normalized spacial score (nSPS) is 20.2. The summed E-state index contributed by atoms with van der Waals surface area (Å²) in [5.74, 6) is 0.503. The van der Waals surface area contributed by atoms with Crippen LogP contribution in [0, 0.1) is 2.88 Å². The number of thiophene rings is 1. The van der Waals surface area contributed by atoms with Crippen LogP contribution in [-0.4, -0.2) is 11.5 Å². The number of rotatable bonds is 4. The Hall–Kier alpha value is 0.0200. The van der Waals surface area contributed by atoms with E-state index >= 15 is 0 Å². The van der Waals surface area contributed by atoms with E-state index in [0.29, 0.717) is 12.0 Å². The zero-order valence-electron chi connectivity index (χ0n) is 10.9. The van der Waals surface area contributed by atoms with E-state index < -0.39 is 0 Å². The summed E-state index contributed by atoms with van der Waals surface area (Å²) in [6.45, 7) is 3.27. The molecule has 0 bridgehead atoms. The number of aryl methyl sites for hydroxylation is 1. The van der Waals surface area contributed by atoms with E-state index in [1.807, 2.05) is 17.5 Å². The van der Waals surface area contributed by atoms with Crippen LogP contribution in [0.4, 0.5) is 0 Å². The molecule has 1 N–H and O–H groups in total. The van der Waals surface area contributed by atoms with Gasteiger partial charge in [-0.05, 0) is 53.5 Å². The van der Waals surface area contributed by atoms with E-state index in [4.69, 9.17) is 0 Å². The highest BCUT2D eigenvalue weighted by Crippen LogP contribution is 2.36. The molecule has 2 atom stereocenters. The molecule has 3 rings (SSSR count). The van der Waals surface area contributed by atoms with Gasteiger partial charge < -0.3 is 5.32 Å². The van der Waals surface area contributed by atoms with E-state index in [1.165, 1.54) is 27.2 Å². The van der Waals surface area contributed by atoms with Gasteiger partial charge in [0.05, 0.1) is 7.89 Å². The molecule has 0 aromatic carbocycles. The first-order valence-corrected chi connectivity index (χ1v) is 9.42. The Morgan fingerprint density at radius 2 is 2.47 bits per heavy atom. The number of hydrogen-bond acceptors (Lipinski definition) is 4. The molecular formula is C14H17IN2S2. The van der Waals surface area contributed by atoms with Crippen LogP contribution in [0.15, 0.2) is 17.6 Å². The molecule has 0 radical (unpaired) electrons. The minimum Gasteiger partial charge on any atom is -0.309 e. The van der Waals surface area contributed by atoms with E-state index in [2.05, 4.69) is 51.3 Å². The van der Waals surface area contributed by atoms with Gasteiger partial charge >= 0.3 is 0 Å². The fourth-order valence-electron chi connectivity index (χ4n) is 2.62. The average molecular weight is 404 g/mol. The van der Waals surface area contributed by atoms with E-state index in [-0.39, 0.29) is 0 Å².